The number of hydrogen-bond acceptors (Lipinski definition) is 2. The number of amides is 2. The van der Waals surface area contributed by atoms with Crippen molar-refractivity contribution in [3.63, 3.8) is 0 Å². The van der Waals surface area contributed by atoms with Gasteiger partial charge in [0.15, 0.2) is 0 Å². The van der Waals surface area contributed by atoms with Crippen molar-refractivity contribution in [2.75, 3.05) is 5.32 Å². The molecule has 0 spiro atoms. The summed E-state index contributed by atoms with van der Waals surface area (Å²) < 4.78 is 0. The van der Waals surface area contributed by atoms with Crippen molar-refractivity contribution in [1.29, 1.82) is 0 Å². The summed E-state index contributed by atoms with van der Waals surface area (Å²) in [6.07, 6.45) is 1.93. The van der Waals surface area contributed by atoms with Gasteiger partial charge >= 0.3 is 12.0 Å². The minimum atomic E-state index is -1.05. The summed E-state index contributed by atoms with van der Waals surface area (Å²) in [5.74, 6) is -0.455. The molecule has 1 atom stereocenters. The Kier molecular flexibility index (Phi) is 6.21. The van der Waals surface area contributed by atoms with Crippen molar-refractivity contribution in [3.8, 4) is 0 Å². The van der Waals surface area contributed by atoms with Crippen molar-refractivity contribution < 1.29 is 14.7 Å². The summed E-state index contributed by atoms with van der Waals surface area (Å²) in [5, 5.41) is 14.7. The van der Waals surface area contributed by atoms with Crippen LogP contribution in [0.4, 0.5) is 10.5 Å². The molecule has 5 heteroatoms. The molecule has 0 aromatic heterocycles. The van der Waals surface area contributed by atoms with Crippen molar-refractivity contribution in [1.82, 2.24) is 5.32 Å². The minimum absolute atomic E-state index is 0.0467. The largest absolute Gasteiger partial charge is 0.478 e. The highest BCUT2D eigenvalue weighted by Crippen LogP contribution is 2.19. The van der Waals surface area contributed by atoms with Crippen LogP contribution >= 0.6 is 0 Å². The van der Waals surface area contributed by atoms with Crippen molar-refractivity contribution in [2.45, 2.75) is 46.6 Å². The van der Waals surface area contributed by atoms with E-state index in [1.54, 1.807) is 25.1 Å². The molecule has 1 aromatic rings. The van der Waals surface area contributed by atoms with Gasteiger partial charge in [-0.1, -0.05) is 26.0 Å². The van der Waals surface area contributed by atoms with E-state index in [2.05, 4.69) is 24.5 Å². The number of benzene rings is 1. The van der Waals surface area contributed by atoms with Gasteiger partial charge in [-0.2, -0.15) is 0 Å². The highest BCUT2D eigenvalue weighted by Gasteiger charge is 2.15. The molecular formula is C16H24N2O3. The van der Waals surface area contributed by atoms with E-state index in [0.29, 0.717) is 17.2 Å². The van der Waals surface area contributed by atoms with Crippen LogP contribution in [-0.2, 0) is 0 Å². The highest BCUT2D eigenvalue weighted by atomic mass is 16.4. The standard InChI is InChI=1S/C16H24N2O3/c1-10(2)8-9-12(4)17-16(21)18-13-7-5-6-11(3)14(13)15(19)20/h5-7,10,12H,8-9H2,1-4H3,(H,19,20)(H2,17,18,21). The predicted octanol–water partition coefficient (Wildman–Crippen LogP) is 3.64. The van der Waals surface area contributed by atoms with Gasteiger partial charge in [0.2, 0.25) is 0 Å². The maximum absolute atomic E-state index is 11.9. The molecule has 1 unspecified atom stereocenters. The number of rotatable bonds is 6. The van der Waals surface area contributed by atoms with E-state index in [0.717, 1.165) is 12.8 Å². The number of urea groups is 1. The van der Waals surface area contributed by atoms with E-state index in [9.17, 15) is 14.7 Å². The fourth-order valence-electron chi connectivity index (χ4n) is 2.09. The summed E-state index contributed by atoms with van der Waals surface area (Å²) in [7, 11) is 0. The maximum atomic E-state index is 11.9. The quantitative estimate of drug-likeness (QED) is 0.749. The summed E-state index contributed by atoms with van der Waals surface area (Å²) in [6, 6.07) is 4.69. The average molecular weight is 292 g/mol. The zero-order chi connectivity index (χ0) is 16.0. The van der Waals surface area contributed by atoms with Crippen molar-refractivity contribution in [2.24, 2.45) is 5.92 Å². The number of aromatic carboxylic acids is 1. The predicted molar refractivity (Wildman–Crippen MR) is 83.8 cm³/mol. The fourth-order valence-corrected chi connectivity index (χ4v) is 2.09. The van der Waals surface area contributed by atoms with Gasteiger partial charge in [-0.25, -0.2) is 9.59 Å². The van der Waals surface area contributed by atoms with Gasteiger partial charge in [0.25, 0.3) is 0 Å². The van der Waals surface area contributed by atoms with Crippen molar-refractivity contribution in [3.05, 3.63) is 29.3 Å². The molecule has 2 amide bonds. The molecule has 0 aliphatic carbocycles. The molecule has 1 rings (SSSR count). The summed E-state index contributed by atoms with van der Waals surface area (Å²) >= 11 is 0. The molecule has 0 radical (unpaired) electrons. The lowest BCUT2D eigenvalue weighted by molar-refractivity contribution is 0.0697. The first-order chi connectivity index (χ1) is 9.81. The lowest BCUT2D eigenvalue weighted by Crippen LogP contribution is -2.36. The van der Waals surface area contributed by atoms with Crippen LogP contribution in [0.15, 0.2) is 18.2 Å². The fraction of sp³-hybridized carbons (Fsp3) is 0.500. The number of carboxylic acid groups (broad SMARTS) is 1. The summed E-state index contributed by atoms with van der Waals surface area (Å²) in [6.45, 7) is 7.92. The third-order valence-corrected chi connectivity index (χ3v) is 3.29. The Bertz CT molecular complexity index is 512. The van der Waals surface area contributed by atoms with Gasteiger partial charge in [0.05, 0.1) is 11.3 Å². The smallest absolute Gasteiger partial charge is 0.338 e. The molecule has 3 N–H and O–H groups in total. The van der Waals surface area contributed by atoms with Gasteiger partial charge in [-0.05, 0) is 44.2 Å². The van der Waals surface area contributed by atoms with Crippen LogP contribution in [0.5, 0.6) is 0 Å². The molecule has 116 valence electrons. The second kappa shape index (κ2) is 7.67. The number of carbonyl (C=O) groups excluding carboxylic acids is 1. The van der Waals surface area contributed by atoms with E-state index < -0.39 is 5.97 Å². The van der Waals surface area contributed by atoms with Crippen molar-refractivity contribution >= 4 is 17.7 Å². The molecule has 0 aliphatic heterocycles. The molecule has 0 saturated heterocycles. The van der Waals surface area contributed by atoms with Crippen LogP contribution in [0, 0.1) is 12.8 Å². The SMILES string of the molecule is Cc1cccc(NC(=O)NC(C)CCC(C)C)c1C(=O)O. The van der Waals surface area contributed by atoms with E-state index in [1.165, 1.54) is 0 Å². The third kappa shape index (κ3) is 5.45. The van der Waals surface area contributed by atoms with Crippen LogP contribution in [-0.4, -0.2) is 23.1 Å². The van der Waals surface area contributed by atoms with Crippen LogP contribution in [0.2, 0.25) is 0 Å². The van der Waals surface area contributed by atoms with E-state index in [-0.39, 0.29) is 17.6 Å². The molecule has 1 aromatic carbocycles. The lowest BCUT2D eigenvalue weighted by atomic mass is 10.0. The topological polar surface area (TPSA) is 78.4 Å². The van der Waals surface area contributed by atoms with E-state index in [4.69, 9.17) is 0 Å². The van der Waals surface area contributed by atoms with Crippen LogP contribution in [0.3, 0.4) is 0 Å². The number of hydrogen-bond donors (Lipinski definition) is 3. The van der Waals surface area contributed by atoms with Crippen LogP contribution < -0.4 is 10.6 Å². The number of carbonyl (C=O) groups is 2. The van der Waals surface area contributed by atoms with E-state index in [1.807, 2.05) is 6.92 Å². The molecule has 0 saturated carbocycles. The Morgan fingerprint density at radius 1 is 1.19 bits per heavy atom. The Morgan fingerprint density at radius 2 is 1.86 bits per heavy atom. The molecule has 0 heterocycles. The average Bonchev–Trinajstić information content (AvgIpc) is 2.35. The zero-order valence-electron chi connectivity index (χ0n) is 13.1. The number of aryl methyl sites for hydroxylation is 1. The second-order valence-corrected chi connectivity index (χ2v) is 5.77. The van der Waals surface area contributed by atoms with Crippen LogP contribution in [0.25, 0.3) is 0 Å². The Labute approximate surface area is 125 Å². The second-order valence-electron chi connectivity index (χ2n) is 5.77. The number of anilines is 1. The maximum Gasteiger partial charge on any atom is 0.338 e. The van der Waals surface area contributed by atoms with Gasteiger partial charge in [-0.15, -0.1) is 0 Å². The molecule has 0 fully saturated rings. The highest BCUT2D eigenvalue weighted by molar-refractivity contribution is 6.01. The van der Waals surface area contributed by atoms with Crippen LogP contribution in [0.1, 0.15) is 49.5 Å². The molecule has 0 bridgehead atoms. The van der Waals surface area contributed by atoms with Gasteiger partial charge in [0, 0.05) is 6.04 Å². The molecular weight excluding hydrogens is 268 g/mol. The Hall–Kier alpha value is -2.04. The number of carboxylic acids is 1. The monoisotopic (exact) mass is 292 g/mol. The normalized spacial score (nSPS) is 12.0. The first-order valence-corrected chi connectivity index (χ1v) is 7.21. The first kappa shape index (κ1) is 17.0. The van der Waals surface area contributed by atoms with Gasteiger partial charge in [-0.3, -0.25) is 0 Å². The first-order valence-electron chi connectivity index (χ1n) is 7.21. The Balaban J connectivity index is 2.67. The summed E-state index contributed by atoms with van der Waals surface area (Å²) in [4.78, 5) is 23.2. The number of nitrogens with one attached hydrogen (secondary N) is 2. The molecule has 5 nitrogen and oxygen atoms in total. The molecule has 0 aliphatic rings. The van der Waals surface area contributed by atoms with E-state index >= 15 is 0 Å². The zero-order valence-corrected chi connectivity index (χ0v) is 13.1. The lowest BCUT2D eigenvalue weighted by Gasteiger charge is -2.16. The third-order valence-electron chi connectivity index (χ3n) is 3.29. The summed E-state index contributed by atoms with van der Waals surface area (Å²) in [5.41, 5.74) is 1.06. The Morgan fingerprint density at radius 3 is 2.43 bits per heavy atom. The molecule has 21 heavy (non-hydrogen) atoms. The van der Waals surface area contributed by atoms with Gasteiger partial charge in [0.1, 0.15) is 0 Å². The minimum Gasteiger partial charge on any atom is -0.478 e. The van der Waals surface area contributed by atoms with Gasteiger partial charge < -0.3 is 15.7 Å².